The third-order valence-corrected chi connectivity index (χ3v) is 3.21. The molecule has 1 aromatic carbocycles. The maximum Gasteiger partial charge on any atom is 0.330 e. The maximum atomic E-state index is 11.2. The van der Waals surface area contributed by atoms with E-state index in [9.17, 15) is 9.59 Å². The Kier molecular flexibility index (Phi) is 5.68. The molecule has 1 aromatic heterocycles. The summed E-state index contributed by atoms with van der Waals surface area (Å²) in [6.45, 7) is 0.650. The molecule has 120 valence electrons. The third-order valence-electron chi connectivity index (χ3n) is 3.21. The van der Waals surface area contributed by atoms with E-state index in [2.05, 4.69) is 14.5 Å². The number of benzene rings is 1. The van der Waals surface area contributed by atoms with E-state index in [1.165, 1.54) is 20.3 Å². The minimum Gasteiger partial charge on any atom is -0.469 e. The summed E-state index contributed by atoms with van der Waals surface area (Å²) in [6.07, 6.45) is 6.72. The lowest BCUT2D eigenvalue weighted by Gasteiger charge is -2.04. The second-order valence-corrected chi connectivity index (χ2v) is 4.90. The zero-order chi connectivity index (χ0) is 16.7. The molecule has 0 N–H and O–H groups in total. The molecule has 2 aromatic rings. The Morgan fingerprint density at radius 2 is 1.83 bits per heavy atom. The van der Waals surface area contributed by atoms with Crippen LogP contribution in [0, 0.1) is 0 Å². The molecule has 0 bridgehead atoms. The van der Waals surface area contributed by atoms with Gasteiger partial charge in [0.1, 0.15) is 0 Å². The Morgan fingerprint density at radius 3 is 2.48 bits per heavy atom. The highest BCUT2D eigenvalue weighted by Gasteiger charge is 2.03. The number of imidazole rings is 1. The largest absolute Gasteiger partial charge is 0.469 e. The molecule has 0 amide bonds. The van der Waals surface area contributed by atoms with Crippen molar-refractivity contribution in [2.24, 2.45) is 0 Å². The van der Waals surface area contributed by atoms with E-state index >= 15 is 0 Å². The summed E-state index contributed by atoms with van der Waals surface area (Å²) in [7, 11) is 2.71. The van der Waals surface area contributed by atoms with Gasteiger partial charge in [0.05, 0.1) is 32.7 Å². The molecule has 23 heavy (non-hydrogen) atoms. The van der Waals surface area contributed by atoms with Crippen LogP contribution in [0.4, 0.5) is 0 Å². The SMILES string of the molecule is COC(=O)C=Cc1cn(Cc2ccc(CC(=O)OC)cc2)cn1. The van der Waals surface area contributed by atoms with Crippen LogP contribution in [0.2, 0.25) is 0 Å². The first-order valence-electron chi connectivity index (χ1n) is 7.03. The molecule has 0 fully saturated rings. The molecular formula is C17H18N2O4. The molecule has 0 unspecified atom stereocenters. The Balaban J connectivity index is 1.97. The van der Waals surface area contributed by atoms with E-state index < -0.39 is 5.97 Å². The molecule has 6 nitrogen and oxygen atoms in total. The van der Waals surface area contributed by atoms with Crippen LogP contribution in [0.15, 0.2) is 42.9 Å². The van der Waals surface area contributed by atoms with Crippen molar-refractivity contribution in [3.8, 4) is 0 Å². The summed E-state index contributed by atoms with van der Waals surface area (Å²) in [5.74, 6) is -0.671. The predicted molar refractivity (Wildman–Crippen MR) is 84.5 cm³/mol. The van der Waals surface area contributed by atoms with Gasteiger partial charge in [-0.1, -0.05) is 24.3 Å². The molecule has 1 heterocycles. The highest BCUT2D eigenvalue weighted by molar-refractivity contribution is 5.86. The predicted octanol–water partition coefficient (Wildman–Crippen LogP) is 1.83. The lowest BCUT2D eigenvalue weighted by Crippen LogP contribution is -2.04. The molecule has 6 heteroatoms. The van der Waals surface area contributed by atoms with Crippen molar-refractivity contribution in [2.75, 3.05) is 14.2 Å². The topological polar surface area (TPSA) is 70.4 Å². The number of esters is 2. The van der Waals surface area contributed by atoms with Crippen LogP contribution in [0.3, 0.4) is 0 Å². The van der Waals surface area contributed by atoms with Crippen molar-refractivity contribution in [3.63, 3.8) is 0 Å². The minimum absolute atomic E-state index is 0.255. The van der Waals surface area contributed by atoms with Gasteiger partial charge < -0.3 is 14.0 Å². The normalized spacial score (nSPS) is 10.7. The molecule has 0 saturated carbocycles. The number of carbonyl (C=O) groups excluding carboxylic acids is 2. The zero-order valence-corrected chi connectivity index (χ0v) is 13.1. The van der Waals surface area contributed by atoms with Gasteiger partial charge in [0.2, 0.25) is 0 Å². The van der Waals surface area contributed by atoms with E-state index in [1.54, 1.807) is 12.4 Å². The van der Waals surface area contributed by atoms with Crippen LogP contribution in [0.25, 0.3) is 6.08 Å². The number of rotatable bonds is 6. The summed E-state index contributed by atoms with van der Waals surface area (Å²) in [5.41, 5.74) is 2.67. The van der Waals surface area contributed by atoms with Gasteiger partial charge in [0.25, 0.3) is 0 Å². The summed E-state index contributed by atoms with van der Waals surface area (Å²) in [4.78, 5) is 26.4. The smallest absolute Gasteiger partial charge is 0.330 e. The first kappa shape index (κ1) is 16.5. The zero-order valence-electron chi connectivity index (χ0n) is 13.1. The average molecular weight is 314 g/mol. The number of carbonyl (C=O) groups is 2. The van der Waals surface area contributed by atoms with Gasteiger partial charge in [-0.05, 0) is 17.2 Å². The van der Waals surface area contributed by atoms with E-state index in [0.717, 1.165) is 11.1 Å². The van der Waals surface area contributed by atoms with E-state index in [1.807, 2.05) is 35.0 Å². The Hall–Kier alpha value is -2.89. The van der Waals surface area contributed by atoms with Gasteiger partial charge in [-0.3, -0.25) is 4.79 Å². The van der Waals surface area contributed by atoms with Crippen molar-refractivity contribution < 1.29 is 19.1 Å². The number of nitrogens with zero attached hydrogens (tertiary/aromatic N) is 2. The number of hydrogen-bond acceptors (Lipinski definition) is 5. The van der Waals surface area contributed by atoms with Crippen LogP contribution in [0.1, 0.15) is 16.8 Å². The fourth-order valence-electron chi connectivity index (χ4n) is 1.98. The second kappa shape index (κ2) is 7.93. The van der Waals surface area contributed by atoms with Crippen LogP contribution in [-0.4, -0.2) is 35.7 Å². The van der Waals surface area contributed by atoms with Gasteiger partial charge in [-0.2, -0.15) is 0 Å². The summed E-state index contributed by atoms with van der Waals surface area (Å²) in [6, 6.07) is 7.73. The van der Waals surface area contributed by atoms with Crippen molar-refractivity contribution in [2.45, 2.75) is 13.0 Å². The van der Waals surface area contributed by atoms with Gasteiger partial charge in [-0.25, -0.2) is 9.78 Å². The van der Waals surface area contributed by atoms with Gasteiger partial charge in [-0.15, -0.1) is 0 Å². The molecule has 0 radical (unpaired) electrons. The molecule has 0 aliphatic rings. The summed E-state index contributed by atoms with van der Waals surface area (Å²) >= 11 is 0. The summed E-state index contributed by atoms with van der Waals surface area (Å²) < 4.78 is 11.1. The van der Waals surface area contributed by atoms with Gasteiger partial charge in [0, 0.05) is 18.8 Å². The van der Waals surface area contributed by atoms with Crippen LogP contribution in [0.5, 0.6) is 0 Å². The fraction of sp³-hybridized carbons (Fsp3) is 0.235. The van der Waals surface area contributed by atoms with Crippen molar-refractivity contribution in [1.29, 1.82) is 0 Å². The molecule has 0 atom stereocenters. The number of ether oxygens (including phenoxy) is 2. The fourth-order valence-corrected chi connectivity index (χ4v) is 1.98. The maximum absolute atomic E-state index is 11.2. The van der Waals surface area contributed by atoms with Crippen LogP contribution in [-0.2, 0) is 32.0 Å². The average Bonchev–Trinajstić information content (AvgIpc) is 3.01. The monoisotopic (exact) mass is 314 g/mol. The lowest BCUT2D eigenvalue weighted by molar-refractivity contribution is -0.139. The van der Waals surface area contributed by atoms with Crippen molar-refractivity contribution in [1.82, 2.24) is 9.55 Å². The van der Waals surface area contributed by atoms with E-state index in [4.69, 9.17) is 0 Å². The number of methoxy groups -OCH3 is 2. The quantitative estimate of drug-likeness (QED) is 0.601. The van der Waals surface area contributed by atoms with E-state index in [-0.39, 0.29) is 12.4 Å². The Morgan fingerprint density at radius 1 is 1.13 bits per heavy atom. The Bertz CT molecular complexity index is 702. The Labute approximate surface area is 134 Å². The molecule has 0 aliphatic carbocycles. The molecule has 0 spiro atoms. The van der Waals surface area contributed by atoms with Gasteiger partial charge in [0.15, 0.2) is 0 Å². The third kappa shape index (κ3) is 5.10. The van der Waals surface area contributed by atoms with Crippen LogP contribution >= 0.6 is 0 Å². The number of aromatic nitrogens is 2. The van der Waals surface area contributed by atoms with Crippen molar-refractivity contribution in [3.05, 3.63) is 59.7 Å². The van der Waals surface area contributed by atoms with Crippen LogP contribution < -0.4 is 0 Å². The number of hydrogen-bond donors (Lipinski definition) is 0. The van der Waals surface area contributed by atoms with Crippen molar-refractivity contribution >= 4 is 18.0 Å². The van der Waals surface area contributed by atoms with E-state index in [0.29, 0.717) is 12.2 Å². The molecular weight excluding hydrogens is 296 g/mol. The molecule has 2 rings (SSSR count). The van der Waals surface area contributed by atoms with Gasteiger partial charge >= 0.3 is 11.9 Å². The lowest BCUT2D eigenvalue weighted by atomic mass is 10.1. The molecule has 0 saturated heterocycles. The standard InChI is InChI=1S/C17H18N2O4/c1-22-16(20)8-7-15-11-19(12-18-15)10-14-5-3-13(4-6-14)9-17(21)23-2/h3-8,11-12H,9-10H2,1-2H3. The summed E-state index contributed by atoms with van der Waals surface area (Å²) in [5, 5.41) is 0. The minimum atomic E-state index is -0.416. The first-order chi connectivity index (χ1) is 11.1. The highest BCUT2D eigenvalue weighted by atomic mass is 16.5. The second-order valence-electron chi connectivity index (χ2n) is 4.90. The highest BCUT2D eigenvalue weighted by Crippen LogP contribution is 2.09. The first-order valence-corrected chi connectivity index (χ1v) is 7.03. The molecule has 0 aliphatic heterocycles.